The van der Waals surface area contributed by atoms with E-state index in [9.17, 15) is 4.21 Å². The van der Waals surface area contributed by atoms with E-state index in [1.54, 1.807) is 12.5 Å². The van der Waals surface area contributed by atoms with E-state index in [2.05, 4.69) is 25.9 Å². The van der Waals surface area contributed by atoms with Crippen LogP contribution in [0.5, 0.6) is 0 Å². The number of pyridine rings is 1. The molecule has 98 valence electrons. The maximum Gasteiger partial charge on any atom is 0.160 e. The van der Waals surface area contributed by atoms with Crippen molar-refractivity contribution in [2.45, 2.75) is 24.6 Å². The van der Waals surface area contributed by atoms with Gasteiger partial charge in [0, 0.05) is 39.5 Å². The number of aromatic nitrogens is 3. The first kappa shape index (κ1) is 14.0. The van der Waals surface area contributed by atoms with E-state index in [0.717, 1.165) is 21.5 Å². The van der Waals surface area contributed by atoms with Gasteiger partial charge in [-0.15, -0.1) is 11.6 Å². The van der Waals surface area contributed by atoms with Crippen LogP contribution in [0.2, 0.25) is 0 Å². The van der Waals surface area contributed by atoms with Crippen molar-refractivity contribution in [2.24, 2.45) is 0 Å². The molecule has 0 fully saturated rings. The average molecular weight is 351 g/mol. The molecule has 2 aromatic rings. The molecule has 0 aliphatic rings. The Morgan fingerprint density at radius 1 is 1.61 bits per heavy atom. The first-order valence-corrected chi connectivity index (χ1v) is 8.36. The van der Waals surface area contributed by atoms with Crippen LogP contribution in [0.4, 0.5) is 0 Å². The molecule has 2 aromatic heterocycles. The molecule has 2 heterocycles. The highest BCUT2D eigenvalue weighted by atomic mass is 79.9. The third kappa shape index (κ3) is 2.75. The number of imidazole rings is 1. The molecule has 2 unspecified atom stereocenters. The second kappa shape index (κ2) is 5.67. The zero-order valence-electron chi connectivity index (χ0n) is 10.1. The molecule has 0 aliphatic heterocycles. The molecule has 0 N–H and O–H groups in total. The van der Waals surface area contributed by atoms with E-state index in [-0.39, 0.29) is 5.25 Å². The Bertz CT molecular complexity index is 601. The molecule has 0 radical (unpaired) electrons. The summed E-state index contributed by atoms with van der Waals surface area (Å²) in [5.74, 6) is 1.08. The first-order chi connectivity index (χ1) is 8.52. The van der Waals surface area contributed by atoms with Gasteiger partial charge in [0.05, 0.1) is 5.88 Å². The van der Waals surface area contributed by atoms with E-state index in [0.29, 0.717) is 12.4 Å². The van der Waals surface area contributed by atoms with E-state index in [1.807, 2.05) is 17.6 Å². The van der Waals surface area contributed by atoms with Gasteiger partial charge < -0.3 is 4.57 Å². The molecule has 0 spiro atoms. The zero-order valence-corrected chi connectivity index (χ0v) is 13.2. The van der Waals surface area contributed by atoms with Crippen LogP contribution in [0, 0.1) is 0 Å². The lowest BCUT2D eigenvalue weighted by atomic mass is 10.4. The Balaban J connectivity index is 2.50. The largest absolute Gasteiger partial charge is 0.310 e. The minimum atomic E-state index is -0.881. The van der Waals surface area contributed by atoms with E-state index in [1.165, 1.54) is 0 Å². The molecule has 0 amide bonds. The standard InChI is InChI=1S/C11H13BrClN3OS/c1-7(18(2)17)6-16-10(4-13)15-9-3-8(12)5-14-11(9)16/h3,5,7H,4,6H2,1-2H3. The number of hydrogen-bond donors (Lipinski definition) is 0. The third-order valence-electron chi connectivity index (χ3n) is 2.76. The number of alkyl halides is 1. The smallest absolute Gasteiger partial charge is 0.160 e. The van der Waals surface area contributed by atoms with E-state index in [4.69, 9.17) is 11.6 Å². The minimum Gasteiger partial charge on any atom is -0.310 e. The average Bonchev–Trinajstić information content (AvgIpc) is 2.66. The predicted molar refractivity (Wildman–Crippen MR) is 78.3 cm³/mol. The summed E-state index contributed by atoms with van der Waals surface area (Å²) in [7, 11) is -0.881. The minimum absolute atomic E-state index is 0.0369. The fraction of sp³-hybridized carbons (Fsp3) is 0.455. The summed E-state index contributed by atoms with van der Waals surface area (Å²) in [6.45, 7) is 2.55. The topological polar surface area (TPSA) is 47.8 Å². The molecule has 2 rings (SSSR count). The maximum atomic E-state index is 11.5. The fourth-order valence-corrected chi connectivity index (χ4v) is 2.57. The van der Waals surface area contributed by atoms with Crippen molar-refractivity contribution in [1.82, 2.24) is 14.5 Å². The van der Waals surface area contributed by atoms with E-state index >= 15 is 0 Å². The summed E-state index contributed by atoms with van der Waals surface area (Å²) in [6, 6.07) is 1.91. The number of nitrogens with zero attached hydrogens (tertiary/aromatic N) is 3. The van der Waals surface area contributed by atoms with Crippen LogP contribution in [0.25, 0.3) is 11.2 Å². The summed E-state index contributed by atoms with van der Waals surface area (Å²) in [5, 5.41) is 0.0369. The third-order valence-corrected chi connectivity index (χ3v) is 4.71. The molecule has 4 nitrogen and oxygen atoms in total. The highest BCUT2D eigenvalue weighted by Gasteiger charge is 2.15. The van der Waals surface area contributed by atoms with Crippen molar-refractivity contribution in [3.05, 3.63) is 22.6 Å². The van der Waals surface area contributed by atoms with Crippen molar-refractivity contribution in [2.75, 3.05) is 6.26 Å². The van der Waals surface area contributed by atoms with Gasteiger partial charge in [-0.05, 0) is 28.9 Å². The quantitative estimate of drug-likeness (QED) is 0.797. The first-order valence-electron chi connectivity index (χ1n) is 5.41. The van der Waals surface area contributed by atoms with Gasteiger partial charge in [-0.3, -0.25) is 4.21 Å². The second-order valence-corrected chi connectivity index (χ2v) is 7.06. The fourth-order valence-electron chi connectivity index (χ4n) is 1.69. The molecule has 0 bridgehead atoms. The molecular weight excluding hydrogens is 338 g/mol. The van der Waals surface area contributed by atoms with Crippen molar-refractivity contribution >= 4 is 49.5 Å². The number of fused-ring (bicyclic) bond motifs is 1. The molecule has 0 saturated heterocycles. The van der Waals surface area contributed by atoms with Gasteiger partial charge in [0.15, 0.2) is 5.65 Å². The normalized spacial score (nSPS) is 14.9. The highest BCUT2D eigenvalue weighted by molar-refractivity contribution is 9.10. The van der Waals surface area contributed by atoms with Crippen molar-refractivity contribution in [1.29, 1.82) is 0 Å². The Hall–Kier alpha value is -0.460. The Labute approximate surface area is 121 Å². The van der Waals surface area contributed by atoms with Crippen LogP contribution >= 0.6 is 27.5 Å². The van der Waals surface area contributed by atoms with Gasteiger partial charge in [0.25, 0.3) is 0 Å². The lowest BCUT2D eigenvalue weighted by Crippen LogP contribution is -2.19. The van der Waals surface area contributed by atoms with Gasteiger partial charge in [-0.1, -0.05) is 0 Å². The van der Waals surface area contributed by atoms with Gasteiger partial charge >= 0.3 is 0 Å². The van der Waals surface area contributed by atoms with Gasteiger partial charge in [0.1, 0.15) is 11.3 Å². The van der Waals surface area contributed by atoms with Crippen molar-refractivity contribution in [3.63, 3.8) is 0 Å². The Morgan fingerprint density at radius 3 is 2.94 bits per heavy atom. The molecule has 7 heteroatoms. The molecule has 18 heavy (non-hydrogen) atoms. The van der Waals surface area contributed by atoms with Crippen molar-refractivity contribution in [3.8, 4) is 0 Å². The van der Waals surface area contributed by atoms with Gasteiger partial charge in [-0.2, -0.15) is 0 Å². The predicted octanol–water partition coefficient (Wildman–Crippen LogP) is 2.70. The number of rotatable bonds is 4. The molecular formula is C11H13BrClN3OS. The number of halogens is 2. The van der Waals surface area contributed by atoms with Gasteiger partial charge in [0.2, 0.25) is 0 Å². The lowest BCUT2D eigenvalue weighted by molar-refractivity contribution is 0.638. The van der Waals surface area contributed by atoms with E-state index < -0.39 is 10.8 Å². The summed E-state index contributed by atoms with van der Waals surface area (Å²) >= 11 is 9.28. The van der Waals surface area contributed by atoms with Crippen molar-refractivity contribution < 1.29 is 4.21 Å². The molecule has 2 atom stereocenters. The monoisotopic (exact) mass is 349 g/mol. The second-order valence-electron chi connectivity index (χ2n) is 4.08. The lowest BCUT2D eigenvalue weighted by Gasteiger charge is -2.11. The summed E-state index contributed by atoms with van der Waals surface area (Å²) in [6.07, 6.45) is 3.43. The summed E-state index contributed by atoms with van der Waals surface area (Å²) < 4.78 is 14.3. The van der Waals surface area contributed by atoms with Crippen LogP contribution in [-0.2, 0) is 23.2 Å². The van der Waals surface area contributed by atoms with Crippen LogP contribution in [-0.4, -0.2) is 30.2 Å². The maximum absolute atomic E-state index is 11.5. The van der Waals surface area contributed by atoms with Crippen LogP contribution < -0.4 is 0 Å². The SMILES string of the molecule is CC(Cn1c(CCl)nc2cc(Br)cnc21)S(C)=O. The number of hydrogen-bond acceptors (Lipinski definition) is 3. The van der Waals surface area contributed by atoms with Crippen LogP contribution in [0.3, 0.4) is 0 Å². The zero-order chi connectivity index (χ0) is 13.3. The van der Waals surface area contributed by atoms with Crippen LogP contribution in [0.15, 0.2) is 16.7 Å². The summed E-state index contributed by atoms with van der Waals surface area (Å²) in [4.78, 5) is 8.80. The Kier molecular flexibility index (Phi) is 4.40. The molecule has 0 aliphatic carbocycles. The molecule has 0 aromatic carbocycles. The Morgan fingerprint density at radius 2 is 2.33 bits per heavy atom. The summed E-state index contributed by atoms with van der Waals surface area (Å²) in [5.41, 5.74) is 1.58. The highest BCUT2D eigenvalue weighted by Crippen LogP contribution is 2.20. The van der Waals surface area contributed by atoms with Gasteiger partial charge in [-0.25, -0.2) is 9.97 Å². The van der Waals surface area contributed by atoms with Crippen LogP contribution in [0.1, 0.15) is 12.7 Å². The molecule has 0 saturated carbocycles.